The molecule has 1 aromatic carbocycles. The minimum absolute atomic E-state index is 0. The molecule has 0 heterocycles. The van der Waals surface area contributed by atoms with Crippen molar-refractivity contribution >= 4 is 30.1 Å². The van der Waals surface area contributed by atoms with E-state index in [0.717, 1.165) is 16.9 Å². The molecule has 0 spiro atoms. The van der Waals surface area contributed by atoms with Gasteiger partial charge in [0.05, 0.1) is 5.41 Å². The van der Waals surface area contributed by atoms with Gasteiger partial charge in [-0.15, -0.1) is 12.4 Å². The summed E-state index contributed by atoms with van der Waals surface area (Å²) in [7, 11) is 0. The average Bonchev–Trinajstić information content (AvgIpc) is 2.49. The highest BCUT2D eigenvalue weighted by molar-refractivity contribution is 7.97. The number of benzene rings is 1. The van der Waals surface area contributed by atoms with Gasteiger partial charge in [0.15, 0.2) is 0 Å². The van der Waals surface area contributed by atoms with Gasteiger partial charge in [-0.1, -0.05) is 19.9 Å². The van der Waals surface area contributed by atoms with Crippen molar-refractivity contribution in [1.82, 2.24) is 5.32 Å². The molecule has 6 heteroatoms. The Morgan fingerprint density at radius 3 is 2.45 bits per heavy atom. The number of rotatable bonds is 8. The minimum atomic E-state index is -0.500. The van der Waals surface area contributed by atoms with E-state index in [2.05, 4.69) is 5.32 Å². The monoisotopic (exact) mass is 348 g/mol. The van der Waals surface area contributed by atoms with Crippen molar-refractivity contribution in [2.24, 2.45) is 11.1 Å². The quantitative estimate of drug-likeness (QED) is 0.756. The van der Waals surface area contributed by atoms with Crippen molar-refractivity contribution in [2.75, 3.05) is 12.8 Å². The molecule has 0 atom stereocenters. The predicted octanol–water partition coefficient (Wildman–Crippen LogP) is 3.49. The van der Waals surface area contributed by atoms with Crippen molar-refractivity contribution < 1.29 is 9.18 Å². The van der Waals surface area contributed by atoms with E-state index < -0.39 is 5.41 Å². The summed E-state index contributed by atoms with van der Waals surface area (Å²) < 4.78 is 13.3. The van der Waals surface area contributed by atoms with Crippen molar-refractivity contribution in [1.29, 1.82) is 0 Å². The van der Waals surface area contributed by atoms with Gasteiger partial charge in [-0.2, -0.15) is 11.8 Å². The number of carbonyl (C=O) groups excluding carboxylic acids is 1. The second-order valence-electron chi connectivity index (χ2n) is 5.22. The highest BCUT2D eigenvalue weighted by atomic mass is 35.5. The zero-order valence-corrected chi connectivity index (χ0v) is 15.1. The van der Waals surface area contributed by atoms with Crippen molar-refractivity contribution in [3.05, 3.63) is 35.1 Å². The Hall–Kier alpha value is -0.780. The van der Waals surface area contributed by atoms with Crippen molar-refractivity contribution in [2.45, 2.75) is 39.0 Å². The number of hydrogen-bond donors (Lipinski definition) is 2. The molecule has 126 valence electrons. The molecule has 0 bridgehead atoms. The molecule has 1 rings (SSSR count). The Bertz CT molecular complexity index is 473. The number of nitrogens with two attached hydrogens (primary N) is 1. The van der Waals surface area contributed by atoms with Gasteiger partial charge < -0.3 is 11.1 Å². The van der Waals surface area contributed by atoms with Crippen LogP contribution >= 0.6 is 24.2 Å². The number of halogens is 2. The van der Waals surface area contributed by atoms with Gasteiger partial charge in [0.25, 0.3) is 0 Å². The molecule has 0 saturated heterocycles. The number of hydrogen-bond acceptors (Lipinski definition) is 3. The molecule has 1 aromatic rings. The molecule has 0 aliphatic rings. The third-order valence-electron chi connectivity index (χ3n) is 4.13. The molecule has 0 fully saturated rings. The smallest absolute Gasteiger partial charge is 0.227 e. The number of carbonyl (C=O) groups is 1. The molecular weight excluding hydrogens is 323 g/mol. The first kappa shape index (κ1) is 21.2. The summed E-state index contributed by atoms with van der Waals surface area (Å²) >= 11 is 1.63. The third kappa shape index (κ3) is 5.14. The van der Waals surface area contributed by atoms with E-state index in [1.165, 1.54) is 12.1 Å². The Labute approximate surface area is 143 Å². The molecule has 0 aliphatic heterocycles. The predicted molar refractivity (Wildman–Crippen MR) is 94.8 cm³/mol. The van der Waals surface area contributed by atoms with Crippen LogP contribution in [0.5, 0.6) is 0 Å². The second kappa shape index (κ2) is 10.1. The fraction of sp³-hybridized carbons (Fsp3) is 0.562. The molecule has 3 nitrogen and oxygen atoms in total. The molecule has 0 aliphatic carbocycles. The zero-order chi connectivity index (χ0) is 15.9. The lowest BCUT2D eigenvalue weighted by Crippen LogP contribution is -2.45. The molecule has 0 radical (unpaired) electrons. The molecule has 22 heavy (non-hydrogen) atoms. The summed E-state index contributed by atoms with van der Waals surface area (Å²) in [6, 6.07) is 4.71. The van der Waals surface area contributed by atoms with Gasteiger partial charge in [0, 0.05) is 18.8 Å². The van der Waals surface area contributed by atoms with Crippen LogP contribution in [0.25, 0.3) is 0 Å². The summed E-state index contributed by atoms with van der Waals surface area (Å²) in [5, 5.41) is 2.96. The normalized spacial score (nSPS) is 11.0. The Balaban J connectivity index is 0.00000441. The number of thioether (sulfide) groups is 1. The van der Waals surface area contributed by atoms with E-state index in [9.17, 15) is 9.18 Å². The van der Waals surface area contributed by atoms with Crippen LogP contribution in [0.3, 0.4) is 0 Å². The second-order valence-corrected chi connectivity index (χ2v) is 6.09. The van der Waals surface area contributed by atoms with Gasteiger partial charge in [-0.25, -0.2) is 4.39 Å². The Kier molecular flexibility index (Phi) is 9.72. The first-order chi connectivity index (χ1) is 10.0. The molecule has 0 saturated carbocycles. The third-order valence-corrected chi connectivity index (χ3v) is 4.73. The maximum Gasteiger partial charge on any atom is 0.227 e. The molecule has 3 N–H and O–H groups in total. The Morgan fingerprint density at radius 2 is 1.95 bits per heavy atom. The van der Waals surface area contributed by atoms with Crippen LogP contribution in [0.4, 0.5) is 4.39 Å². The van der Waals surface area contributed by atoms with Crippen LogP contribution in [0.15, 0.2) is 18.2 Å². The summed E-state index contributed by atoms with van der Waals surface area (Å²) in [5.74, 6) is 0.467. The average molecular weight is 349 g/mol. The lowest BCUT2D eigenvalue weighted by Gasteiger charge is -2.28. The highest BCUT2D eigenvalue weighted by Crippen LogP contribution is 2.25. The van der Waals surface area contributed by atoms with E-state index >= 15 is 0 Å². The summed E-state index contributed by atoms with van der Waals surface area (Å²) in [5.41, 5.74) is 7.16. The van der Waals surface area contributed by atoms with Crippen molar-refractivity contribution in [3.63, 3.8) is 0 Å². The maximum atomic E-state index is 13.3. The van der Waals surface area contributed by atoms with Gasteiger partial charge in [-0.05, 0) is 42.4 Å². The summed E-state index contributed by atoms with van der Waals surface area (Å²) in [6.07, 6.45) is 3.40. The minimum Gasteiger partial charge on any atom is -0.351 e. The summed E-state index contributed by atoms with van der Waals surface area (Å²) in [4.78, 5) is 12.4. The standard InChI is InChI=1S/C16H25FN2OS.ClH/c1-4-16(5-2,11-18)15(20)19-9-12-6-7-14(17)8-13(12)10-21-3;/h6-8H,4-5,9-11,18H2,1-3H3,(H,19,20);1H. The van der Waals surface area contributed by atoms with Crippen LogP contribution in [-0.4, -0.2) is 18.7 Å². The Morgan fingerprint density at radius 1 is 1.32 bits per heavy atom. The van der Waals surface area contributed by atoms with Crippen LogP contribution < -0.4 is 11.1 Å². The molecule has 1 amide bonds. The maximum absolute atomic E-state index is 13.3. The topological polar surface area (TPSA) is 55.1 Å². The molecule has 0 unspecified atom stereocenters. The molecular formula is C16H26ClFN2OS. The van der Waals surface area contributed by atoms with E-state index in [4.69, 9.17) is 5.73 Å². The first-order valence-electron chi connectivity index (χ1n) is 7.27. The van der Waals surface area contributed by atoms with E-state index in [1.54, 1.807) is 17.8 Å². The van der Waals surface area contributed by atoms with Crippen LogP contribution in [0.1, 0.15) is 37.8 Å². The lowest BCUT2D eigenvalue weighted by molar-refractivity contribution is -0.131. The van der Waals surface area contributed by atoms with Crippen LogP contribution in [0.2, 0.25) is 0 Å². The lowest BCUT2D eigenvalue weighted by atomic mass is 9.81. The van der Waals surface area contributed by atoms with E-state index in [-0.39, 0.29) is 24.1 Å². The van der Waals surface area contributed by atoms with Gasteiger partial charge >= 0.3 is 0 Å². The van der Waals surface area contributed by atoms with E-state index in [1.807, 2.05) is 20.1 Å². The van der Waals surface area contributed by atoms with Gasteiger partial charge in [-0.3, -0.25) is 4.79 Å². The fourth-order valence-electron chi connectivity index (χ4n) is 2.37. The number of amides is 1. The molecule has 0 aromatic heterocycles. The zero-order valence-electron chi connectivity index (χ0n) is 13.4. The SMILES string of the molecule is CCC(CC)(CN)C(=O)NCc1ccc(F)cc1CSC.Cl. The van der Waals surface area contributed by atoms with Crippen LogP contribution in [-0.2, 0) is 17.1 Å². The van der Waals surface area contributed by atoms with Gasteiger partial charge in [0.1, 0.15) is 5.82 Å². The summed E-state index contributed by atoms with van der Waals surface area (Å²) in [6.45, 7) is 4.71. The first-order valence-corrected chi connectivity index (χ1v) is 8.67. The largest absolute Gasteiger partial charge is 0.351 e. The fourth-order valence-corrected chi connectivity index (χ4v) is 2.95. The van der Waals surface area contributed by atoms with Crippen molar-refractivity contribution in [3.8, 4) is 0 Å². The number of nitrogens with one attached hydrogen (secondary N) is 1. The van der Waals surface area contributed by atoms with Gasteiger partial charge in [0.2, 0.25) is 5.91 Å². The van der Waals surface area contributed by atoms with E-state index in [0.29, 0.717) is 25.9 Å². The van der Waals surface area contributed by atoms with Crippen LogP contribution in [0, 0.1) is 11.2 Å². The highest BCUT2D eigenvalue weighted by Gasteiger charge is 2.32.